The molecular weight excluding hydrogens is 342 g/mol. The highest BCUT2D eigenvalue weighted by molar-refractivity contribution is 6.04. The molecule has 3 rings (SSSR count). The molecule has 0 aliphatic rings. The van der Waals surface area contributed by atoms with Crippen LogP contribution in [0.2, 0.25) is 0 Å². The van der Waals surface area contributed by atoms with E-state index < -0.39 is 16.7 Å². The minimum atomic E-state index is -0.573. The van der Waals surface area contributed by atoms with Crippen LogP contribution in [0, 0.1) is 10.1 Å². The maximum Gasteiger partial charge on any atom is 0.294 e. The number of rotatable bonds is 6. The second kappa shape index (κ2) is 6.84. The maximum absolute atomic E-state index is 12.3. The molecule has 132 valence electrons. The van der Waals surface area contributed by atoms with Crippen molar-refractivity contribution in [2.24, 2.45) is 5.73 Å². The van der Waals surface area contributed by atoms with E-state index in [1.165, 1.54) is 52.4 Å². The number of benzene rings is 1. The predicted octanol–water partition coefficient (Wildman–Crippen LogP) is 0.715. The molecule has 2 amide bonds. The number of imidazole rings is 1. The molecule has 1 aromatic carbocycles. The molecule has 0 aliphatic carbocycles. The van der Waals surface area contributed by atoms with E-state index in [9.17, 15) is 19.7 Å². The van der Waals surface area contributed by atoms with Crippen LogP contribution in [-0.2, 0) is 11.3 Å². The largest absolute Gasteiger partial charge is 0.368 e. The van der Waals surface area contributed by atoms with Gasteiger partial charge in [-0.05, 0) is 12.1 Å². The standard InChI is InChI=1S/C15H13N7O4/c16-14(23)8-21-7-11(6-18-21)19-15(24)10-1-2-12(13(5-10)22(25)26)20-4-3-17-9-20/h1-7,9H,8H2,(H2,16,23)(H,19,24). The molecule has 0 aliphatic heterocycles. The molecular formula is C15H13N7O4. The number of carbonyl (C=O) groups excluding carboxylic acids is 2. The monoisotopic (exact) mass is 355 g/mol. The summed E-state index contributed by atoms with van der Waals surface area (Å²) in [6, 6.07) is 4.11. The molecule has 0 radical (unpaired) electrons. The van der Waals surface area contributed by atoms with Gasteiger partial charge in [-0.2, -0.15) is 5.10 Å². The molecule has 0 bridgehead atoms. The number of primary amides is 1. The summed E-state index contributed by atoms with van der Waals surface area (Å²) >= 11 is 0. The summed E-state index contributed by atoms with van der Waals surface area (Å²) in [5.74, 6) is -1.12. The maximum atomic E-state index is 12.3. The summed E-state index contributed by atoms with van der Waals surface area (Å²) < 4.78 is 2.75. The molecule has 11 nitrogen and oxygen atoms in total. The minimum Gasteiger partial charge on any atom is -0.368 e. The lowest BCUT2D eigenvalue weighted by Crippen LogP contribution is -2.18. The molecule has 0 unspecified atom stereocenters. The fraction of sp³-hybridized carbons (Fsp3) is 0.0667. The zero-order chi connectivity index (χ0) is 18.7. The number of hydrogen-bond donors (Lipinski definition) is 2. The van der Waals surface area contributed by atoms with Gasteiger partial charge in [-0.15, -0.1) is 0 Å². The van der Waals surface area contributed by atoms with Crippen molar-refractivity contribution >= 4 is 23.2 Å². The van der Waals surface area contributed by atoms with Gasteiger partial charge in [0.2, 0.25) is 5.91 Å². The van der Waals surface area contributed by atoms with Crippen molar-refractivity contribution in [3.05, 3.63) is 65.0 Å². The van der Waals surface area contributed by atoms with Crippen molar-refractivity contribution in [2.75, 3.05) is 5.32 Å². The first-order chi connectivity index (χ1) is 12.4. The normalized spacial score (nSPS) is 10.5. The molecule has 3 N–H and O–H groups in total. The number of nitrogens with two attached hydrogens (primary N) is 1. The summed E-state index contributed by atoms with van der Waals surface area (Å²) in [7, 11) is 0. The first-order valence-electron chi connectivity index (χ1n) is 7.33. The van der Waals surface area contributed by atoms with Crippen LogP contribution in [0.3, 0.4) is 0 Å². The lowest BCUT2D eigenvalue weighted by atomic mass is 10.1. The van der Waals surface area contributed by atoms with Crippen LogP contribution in [0.15, 0.2) is 49.3 Å². The number of hydrogen-bond acceptors (Lipinski definition) is 6. The van der Waals surface area contributed by atoms with Gasteiger partial charge in [-0.3, -0.25) is 24.4 Å². The van der Waals surface area contributed by atoms with Crippen LogP contribution in [0.4, 0.5) is 11.4 Å². The molecule has 0 spiro atoms. The first-order valence-corrected chi connectivity index (χ1v) is 7.33. The van der Waals surface area contributed by atoms with Crippen molar-refractivity contribution in [1.29, 1.82) is 0 Å². The Bertz CT molecular complexity index is 978. The molecule has 2 heterocycles. The Hall–Kier alpha value is -4.02. The van der Waals surface area contributed by atoms with E-state index in [2.05, 4.69) is 15.4 Å². The number of carbonyl (C=O) groups is 2. The number of nitro groups is 1. The summed E-state index contributed by atoms with van der Waals surface area (Å²) in [6.07, 6.45) is 7.25. The van der Waals surface area contributed by atoms with E-state index in [4.69, 9.17) is 5.73 Å². The number of aromatic nitrogens is 4. The van der Waals surface area contributed by atoms with Crippen molar-refractivity contribution < 1.29 is 14.5 Å². The van der Waals surface area contributed by atoms with Gasteiger partial charge in [0.25, 0.3) is 11.6 Å². The molecule has 26 heavy (non-hydrogen) atoms. The van der Waals surface area contributed by atoms with Gasteiger partial charge in [-0.25, -0.2) is 4.98 Å². The van der Waals surface area contributed by atoms with Crippen LogP contribution in [-0.4, -0.2) is 36.1 Å². The highest BCUT2D eigenvalue weighted by Crippen LogP contribution is 2.24. The third-order valence-electron chi connectivity index (χ3n) is 3.43. The first kappa shape index (κ1) is 16.8. The van der Waals surface area contributed by atoms with Crippen molar-refractivity contribution in [1.82, 2.24) is 19.3 Å². The van der Waals surface area contributed by atoms with E-state index >= 15 is 0 Å². The zero-order valence-corrected chi connectivity index (χ0v) is 13.3. The summed E-state index contributed by atoms with van der Waals surface area (Å²) in [4.78, 5) is 37.8. The SMILES string of the molecule is NC(=O)Cn1cc(NC(=O)c2ccc(-n3ccnc3)c([N+](=O)[O-])c2)cn1. The van der Waals surface area contributed by atoms with Crippen LogP contribution >= 0.6 is 0 Å². The average Bonchev–Trinajstić information content (AvgIpc) is 3.25. The predicted molar refractivity (Wildman–Crippen MR) is 89.6 cm³/mol. The number of nitrogens with zero attached hydrogens (tertiary/aromatic N) is 5. The lowest BCUT2D eigenvalue weighted by molar-refractivity contribution is -0.384. The fourth-order valence-corrected chi connectivity index (χ4v) is 2.31. The van der Waals surface area contributed by atoms with Crippen molar-refractivity contribution in [3.63, 3.8) is 0 Å². The number of amides is 2. The fourth-order valence-electron chi connectivity index (χ4n) is 2.31. The van der Waals surface area contributed by atoms with Crippen LogP contribution in [0.25, 0.3) is 5.69 Å². The van der Waals surface area contributed by atoms with E-state index in [-0.39, 0.29) is 17.8 Å². The molecule has 0 saturated heterocycles. The summed E-state index contributed by atoms with van der Waals surface area (Å²) in [5.41, 5.74) is 5.55. The topological polar surface area (TPSA) is 151 Å². The number of nitrogens with one attached hydrogen (secondary N) is 1. The highest BCUT2D eigenvalue weighted by atomic mass is 16.6. The van der Waals surface area contributed by atoms with E-state index in [0.717, 1.165) is 0 Å². The van der Waals surface area contributed by atoms with Crippen LogP contribution in [0.1, 0.15) is 10.4 Å². The number of nitro benzene ring substituents is 1. The van der Waals surface area contributed by atoms with E-state index in [1.807, 2.05) is 0 Å². The summed E-state index contributed by atoms with van der Waals surface area (Å²) in [6.45, 7) is -0.124. The smallest absolute Gasteiger partial charge is 0.294 e. The van der Waals surface area contributed by atoms with Gasteiger partial charge in [0.15, 0.2) is 0 Å². The molecule has 0 fully saturated rings. The Morgan fingerprint density at radius 1 is 1.35 bits per heavy atom. The second-order valence-electron chi connectivity index (χ2n) is 5.28. The molecule has 0 saturated carbocycles. The molecule has 3 aromatic rings. The Morgan fingerprint density at radius 2 is 2.15 bits per heavy atom. The molecule has 0 atom stereocenters. The summed E-state index contributed by atoms with van der Waals surface area (Å²) in [5, 5.41) is 17.8. The Labute approximate surface area is 146 Å². The van der Waals surface area contributed by atoms with E-state index in [0.29, 0.717) is 11.4 Å². The third kappa shape index (κ3) is 3.56. The molecule has 2 aromatic heterocycles. The quantitative estimate of drug-likeness (QED) is 0.491. The van der Waals surface area contributed by atoms with Gasteiger partial charge in [0.05, 0.1) is 23.1 Å². The van der Waals surface area contributed by atoms with Gasteiger partial charge in [-0.1, -0.05) is 0 Å². The second-order valence-corrected chi connectivity index (χ2v) is 5.28. The van der Waals surface area contributed by atoms with Gasteiger partial charge in [0, 0.05) is 30.2 Å². The lowest BCUT2D eigenvalue weighted by Gasteiger charge is -2.07. The van der Waals surface area contributed by atoms with Crippen LogP contribution in [0.5, 0.6) is 0 Å². The molecule has 11 heteroatoms. The third-order valence-corrected chi connectivity index (χ3v) is 3.43. The Kier molecular flexibility index (Phi) is 4.43. The minimum absolute atomic E-state index is 0.100. The van der Waals surface area contributed by atoms with Gasteiger partial charge in [0.1, 0.15) is 12.2 Å². The van der Waals surface area contributed by atoms with E-state index in [1.54, 1.807) is 6.20 Å². The van der Waals surface area contributed by atoms with Gasteiger partial charge >= 0.3 is 0 Å². The van der Waals surface area contributed by atoms with Crippen molar-refractivity contribution in [3.8, 4) is 5.69 Å². The van der Waals surface area contributed by atoms with Gasteiger partial charge < -0.3 is 15.6 Å². The van der Waals surface area contributed by atoms with Crippen molar-refractivity contribution in [2.45, 2.75) is 6.54 Å². The number of anilines is 1. The van der Waals surface area contributed by atoms with Crippen LogP contribution < -0.4 is 11.1 Å². The highest BCUT2D eigenvalue weighted by Gasteiger charge is 2.19. The zero-order valence-electron chi connectivity index (χ0n) is 13.3. The average molecular weight is 355 g/mol. The Morgan fingerprint density at radius 3 is 2.81 bits per heavy atom. The Balaban J connectivity index is 1.83.